The molecule has 0 atom stereocenters. The minimum atomic E-state index is -0.486. The maximum absolute atomic E-state index is 12.1. The topological polar surface area (TPSA) is 96.4 Å². The van der Waals surface area contributed by atoms with Crippen molar-refractivity contribution in [3.05, 3.63) is 18.5 Å². The summed E-state index contributed by atoms with van der Waals surface area (Å²) in [6.45, 7) is 8.08. The van der Waals surface area contributed by atoms with Crippen LogP contribution in [0.25, 0.3) is 0 Å². The predicted octanol–water partition coefficient (Wildman–Crippen LogP) is 2.13. The van der Waals surface area contributed by atoms with Gasteiger partial charge in [0.15, 0.2) is 11.6 Å². The van der Waals surface area contributed by atoms with Crippen molar-refractivity contribution >= 4 is 35.4 Å². The van der Waals surface area contributed by atoms with Crippen LogP contribution in [0.4, 0.5) is 22.4 Å². The highest BCUT2D eigenvalue weighted by atomic mass is 32.1. The fourth-order valence-electron chi connectivity index (χ4n) is 2.37. The van der Waals surface area contributed by atoms with Crippen LogP contribution < -0.4 is 10.2 Å². The molecule has 1 aliphatic rings. The Morgan fingerprint density at radius 3 is 2.48 bits per heavy atom. The first-order chi connectivity index (χ1) is 11.9. The normalized spacial score (nSPS) is 15.2. The lowest BCUT2D eigenvalue weighted by Gasteiger charge is -2.35. The van der Waals surface area contributed by atoms with Gasteiger partial charge in [0.25, 0.3) is 0 Å². The number of hydrogen-bond donors (Lipinski definition) is 1. The van der Waals surface area contributed by atoms with Crippen molar-refractivity contribution in [3.63, 3.8) is 0 Å². The van der Waals surface area contributed by atoms with Crippen molar-refractivity contribution < 1.29 is 9.53 Å². The third-order valence-electron chi connectivity index (χ3n) is 3.50. The molecule has 0 unspecified atom stereocenters. The molecule has 0 radical (unpaired) electrons. The molecule has 9 nitrogen and oxygen atoms in total. The van der Waals surface area contributed by atoms with Crippen molar-refractivity contribution in [2.45, 2.75) is 26.4 Å². The van der Waals surface area contributed by atoms with Crippen LogP contribution in [0, 0.1) is 0 Å². The summed E-state index contributed by atoms with van der Waals surface area (Å²) in [6.07, 6.45) is 3.04. The summed E-state index contributed by atoms with van der Waals surface area (Å²) in [5, 5.41) is 3.08. The SMILES string of the molecule is CC(C)(C)OC(=O)N1CCN(c2nsnc2Nc2ncccn2)CC1. The molecule has 0 spiro atoms. The number of piperazine rings is 1. The molecule has 0 aliphatic carbocycles. The summed E-state index contributed by atoms with van der Waals surface area (Å²) < 4.78 is 14.1. The molecule has 1 amide bonds. The number of carbonyl (C=O) groups excluding carboxylic acids is 1. The van der Waals surface area contributed by atoms with Crippen molar-refractivity contribution in [3.8, 4) is 0 Å². The number of anilines is 3. The Kier molecular flexibility index (Phi) is 4.98. The molecule has 10 heteroatoms. The van der Waals surface area contributed by atoms with Crippen LogP contribution in [-0.4, -0.2) is 61.5 Å². The number of rotatable bonds is 3. The number of ether oxygens (including phenoxy) is 1. The second-order valence-corrected chi connectivity index (χ2v) is 7.12. The van der Waals surface area contributed by atoms with E-state index in [0.717, 1.165) is 17.5 Å². The van der Waals surface area contributed by atoms with E-state index in [1.807, 2.05) is 20.8 Å². The molecule has 3 heterocycles. The second-order valence-electron chi connectivity index (χ2n) is 6.59. The van der Waals surface area contributed by atoms with Gasteiger partial charge in [0, 0.05) is 38.6 Å². The van der Waals surface area contributed by atoms with Crippen LogP contribution >= 0.6 is 11.7 Å². The van der Waals surface area contributed by atoms with E-state index in [9.17, 15) is 4.79 Å². The molecule has 0 aromatic carbocycles. The van der Waals surface area contributed by atoms with Crippen LogP contribution in [0.5, 0.6) is 0 Å². The van der Waals surface area contributed by atoms with Gasteiger partial charge in [0.2, 0.25) is 5.95 Å². The third-order valence-corrected chi connectivity index (χ3v) is 4.02. The third kappa shape index (κ3) is 4.53. The summed E-state index contributed by atoms with van der Waals surface area (Å²) in [4.78, 5) is 24.2. The van der Waals surface area contributed by atoms with Gasteiger partial charge in [0.1, 0.15) is 5.60 Å². The highest BCUT2D eigenvalue weighted by Gasteiger charge is 2.28. The lowest BCUT2D eigenvalue weighted by atomic mass is 10.2. The fourth-order valence-corrected chi connectivity index (χ4v) is 2.90. The van der Waals surface area contributed by atoms with Crippen LogP contribution in [0.2, 0.25) is 0 Å². The van der Waals surface area contributed by atoms with Gasteiger partial charge in [0.05, 0.1) is 11.7 Å². The van der Waals surface area contributed by atoms with Gasteiger partial charge in [-0.25, -0.2) is 14.8 Å². The minimum Gasteiger partial charge on any atom is -0.444 e. The standard InChI is InChI=1S/C15H21N7O2S/c1-15(2,3)24-14(23)22-9-7-21(8-10-22)12-11(19-25-20-12)18-13-16-5-4-6-17-13/h4-6H,7-10H2,1-3H3,(H,16,17,18,19). The van der Waals surface area contributed by atoms with Gasteiger partial charge in [-0.1, -0.05) is 0 Å². The molecule has 2 aromatic rings. The van der Waals surface area contributed by atoms with Gasteiger partial charge in [-0.3, -0.25) is 0 Å². The molecule has 1 saturated heterocycles. The number of aromatic nitrogens is 4. The predicted molar refractivity (Wildman–Crippen MR) is 95.2 cm³/mol. The number of hydrogen-bond acceptors (Lipinski definition) is 9. The first-order valence-electron chi connectivity index (χ1n) is 8.02. The molecule has 0 bridgehead atoms. The van der Waals surface area contributed by atoms with Gasteiger partial charge in [-0.05, 0) is 26.8 Å². The number of amides is 1. The van der Waals surface area contributed by atoms with E-state index in [-0.39, 0.29) is 6.09 Å². The van der Waals surface area contributed by atoms with E-state index in [4.69, 9.17) is 4.74 Å². The molecule has 1 N–H and O–H groups in total. The summed E-state index contributed by atoms with van der Waals surface area (Å²) in [7, 11) is 0. The molecule has 0 saturated carbocycles. The van der Waals surface area contributed by atoms with Gasteiger partial charge in [-0.15, -0.1) is 0 Å². The monoisotopic (exact) mass is 363 g/mol. The maximum Gasteiger partial charge on any atom is 0.410 e. The van der Waals surface area contributed by atoms with E-state index in [0.29, 0.717) is 37.9 Å². The van der Waals surface area contributed by atoms with Gasteiger partial charge in [-0.2, -0.15) is 8.75 Å². The Morgan fingerprint density at radius 2 is 1.84 bits per heavy atom. The van der Waals surface area contributed by atoms with E-state index in [2.05, 4.69) is 28.9 Å². The molecule has 1 aliphatic heterocycles. The number of carbonyl (C=O) groups is 1. The largest absolute Gasteiger partial charge is 0.444 e. The Hall–Kier alpha value is -2.49. The Balaban J connectivity index is 1.60. The first kappa shape index (κ1) is 17.3. The van der Waals surface area contributed by atoms with Crippen LogP contribution in [-0.2, 0) is 4.74 Å². The van der Waals surface area contributed by atoms with Crippen LogP contribution in [0.15, 0.2) is 18.5 Å². The number of nitrogens with zero attached hydrogens (tertiary/aromatic N) is 6. The highest BCUT2D eigenvalue weighted by molar-refractivity contribution is 6.99. The average molecular weight is 363 g/mol. The van der Waals surface area contributed by atoms with Crippen molar-refractivity contribution in [2.75, 3.05) is 36.4 Å². The molecule has 1 fully saturated rings. The Bertz CT molecular complexity index is 708. The van der Waals surface area contributed by atoms with E-state index < -0.39 is 5.60 Å². The van der Waals surface area contributed by atoms with E-state index in [1.165, 1.54) is 0 Å². The van der Waals surface area contributed by atoms with Crippen LogP contribution in [0.1, 0.15) is 20.8 Å². The Morgan fingerprint density at radius 1 is 1.16 bits per heavy atom. The maximum atomic E-state index is 12.1. The second kappa shape index (κ2) is 7.18. The molecule has 2 aromatic heterocycles. The molecule has 134 valence electrons. The van der Waals surface area contributed by atoms with Crippen LogP contribution in [0.3, 0.4) is 0 Å². The van der Waals surface area contributed by atoms with Crippen molar-refractivity contribution in [1.82, 2.24) is 23.6 Å². The zero-order valence-corrected chi connectivity index (χ0v) is 15.3. The first-order valence-corrected chi connectivity index (χ1v) is 8.75. The molecular weight excluding hydrogens is 342 g/mol. The smallest absolute Gasteiger partial charge is 0.410 e. The minimum absolute atomic E-state index is 0.278. The molecule has 25 heavy (non-hydrogen) atoms. The lowest BCUT2D eigenvalue weighted by molar-refractivity contribution is 0.0240. The van der Waals surface area contributed by atoms with Gasteiger partial charge >= 0.3 is 6.09 Å². The van der Waals surface area contributed by atoms with E-state index in [1.54, 1.807) is 23.4 Å². The number of nitrogens with one attached hydrogen (secondary N) is 1. The molecule has 3 rings (SSSR count). The summed E-state index contributed by atoms with van der Waals surface area (Å²) >= 11 is 1.13. The lowest BCUT2D eigenvalue weighted by Crippen LogP contribution is -2.50. The average Bonchev–Trinajstić information content (AvgIpc) is 3.02. The summed E-state index contributed by atoms with van der Waals surface area (Å²) in [5.41, 5.74) is -0.486. The summed E-state index contributed by atoms with van der Waals surface area (Å²) in [6, 6.07) is 1.75. The summed E-state index contributed by atoms with van der Waals surface area (Å²) in [5.74, 6) is 1.85. The fraction of sp³-hybridized carbons (Fsp3) is 0.533. The van der Waals surface area contributed by atoms with Crippen molar-refractivity contribution in [1.29, 1.82) is 0 Å². The quantitative estimate of drug-likeness (QED) is 0.886. The van der Waals surface area contributed by atoms with Crippen molar-refractivity contribution in [2.24, 2.45) is 0 Å². The molecular formula is C15H21N7O2S. The Labute approximate surface area is 150 Å². The highest BCUT2D eigenvalue weighted by Crippen LogP contribution is 2.26. The zero-order valence-electron chi connectivity index (χ0n) is 14.5. The van der Waals surface area contributed by atoms with E-state index >= 15 is 0 Å². The zero-order chi connectivity index (χ0) is 17.9. The van der Waals surface area contributed by atoms with Gasteiger partial charge < -0.3 is 19.9 Å².